The van der Waals surface area contributed by atoms with Gasteiger partial charge in [-0.1, -0.05) is 20.8 Å². The van der Waals surface area contributed by atoms with E-state index >= 15 is 0 Å². The van der Waals surface area contributed by atoms with Crippen molar-refractivity contribution in [2.45, 2.75) is 46.2 Å². The average molecular weight is 237 g/mol. The zero-order valence-corrected chi connectivity index (χ0v) is 10.4. The molecule has 0 radical (unpaired) electrons. The summed E-state index contributed by atoms with van der Waals surface area (Å²) in [6.07, 6.45) is -1.26. The minimum absolute atomic E-state index is 0.209. The lowest BCUT2D eigenvalue weighted by Crippen LogP contribution is -2.35. The van der Waals surface area contributed by atoms with Crippen LogP contribution < -0.4 is 0 Å². The van der Waals surface area contributed by atoms with E-state index in [1.807, 2.05) is 0 Å². The highest BCUT2D eigenvalue weighted by Crippen LogP contribution is 2.38. The number of likely N-dealkylation sites (tertiary alicyclic amines) is 1. The summed E-state index contributed by atoms with van der Waals surface area (Å²) in [5, 5.41) is 0. The lowest BCUT2D eigenvalue weighted by atomic mass is 9.73. The molecule has 4 heteroatoms. The van der Waals surface area contributed by atoms with Crippen molar-refractivity contribution in [3.63, 3.8) is 0 Å². The van der Waals surface area contributed by atoms with Crippen LogP contribution in [-0.4, -0.2) is 30.7 Å². The highest BCUT2D eigenvalue weighted by molar-refractivity contribution is 4.83. The minimum atomic E-state index is -4.06. The highest BCUT2D eigenvalue weighted by atomic mass is 19.4. The molecule has 0 spiro atoms. The van der Waals surface area contributed by atoms with Gasteiger partial charge in [0.05, 0.1) is 6.54 Å². The zero-order chi connectivity index (χ0) is 12.4. The molecule has 0 amide bonds. The maximum atomic E-state index is 12.3. The lowest BCUT2D eigenvalue weighted by Gasteiger charge is -2.32. The number of nitrogens with zero attached hydrogens (tertiary/aromatic N) is 1. The maximum absolute atomic E-state index is 12.3. The number of halogens is 3. The van der Waals surface area contributed by atoms with Gasteiger partial charge in [-0.25, -0.2) is 0 Å². The van der Waals surface area contributed by atoms with Crippen molar-refractivity contribution in [3.05, 3.63) is 0 Å². The van der Waals surface area contributed by atoms with E-state index in [9.17, 15) is 13.2 Å². The topological polar surface area (TPSA) is 3.24 Å². The number of hydrogen-bond acceptors (Lipinski definition) is 1. The molecule has 0 aromatic rings. The minimum Gasteiger partial charge on any atom is -0.295 e. The van der Waals surface area contributed by atoms with Crippen LogP contribution in [0.3, 0.4) is 0 Å². The molecule has 0 bridgehead atoms. The third kappa shape index (κ3) is 3.96. The van der Waals surface area contributed by atoms with Gasteiger partial charge in [0.25, 0.3) is 0 Å². The molecule has 1 aliphatic rings. The summed E-state index contributed by atoms with van der Waals surface area (Å²) in [6, 6.07) is 0. The predicted octanol–water partition coefficient (Wildman–Crippen LogP) is 3.70. The summed E-state index contributed by atoms with van der Waals surface area (Å²) in [4.78, 5) is 1.55. The van der Waals surface area contributed by atoms with E-state index in [1.165, 1.54) is 0 Å². The third-order valence-corrected chi connectivity index (χ3v) is 4.02. The third-order valence-electron chi connectivity index (χ3n) is 4.02. The van der Waals surface area contributed by atoms with Crippen molar-refractivity contribution in [2.24, 2.45) is 11.3 Å². The number of rotatable bonds is 2. The fourth-order valence-corrected chi connectivity index (χ4v) is 2.35. The van der Waals surface area contributed by atoms with Crippen LogP contribution in [0, 0.1) is 11.3 Å². The van der Waals surface area contributed by atoms with E-state index in [0.717, 1.165) is 19.3 Å². The molecule has 1 rings (SSSR count). The summed E-state index contributed by atoms with van der Waals surface area (Å²) in [5.74, 6) is 0.540. The summed E-state index contributed by atoms with van der Waals surface area (Å²) in [5.41, 5.74) is 0.209. The Morgan fingerprint density at radius 2 is 1.81 bits per heavy atom. The second-order valence-electron chi connectivity index (χ2n) is 5.55. The van der Waals surface area contributed by atoms with Crippen LogP contribution in [0.2, 0.25) is 0 Å². The van der Waals surface area contributed by atoms with Gasteiger partial charge in [0.1, 0.15) is 0 Å². The van der Waals surface area contributed by atoms with Crippen molar-refractivity contribution in [1.29, 1.82) is 0 Å². The molecule has 1 fully saturated rings. The quantitative estimate of drug-likeness (QED) is 0.708. The largest absolute Gasteiger partial charge is 0.401 e. The molecule has 1 heterocycles. The van der Waals surface area contributed by atoms with Crippen LogP contribution in [0.15, 0.2) is 0 Å². The van der Waals surface area contributed by atoms with Gasteiger partial charge >= 0.3 is 6.18 Å². The Labute approximate surface area is 96.0 Å². The van der Waals surface area contributed by atoms with Crippen molar-refractivity contribution in [3.8, 4) is 0 Å². The fourth-order valence-electron chi connectivity index (χ4n) is 2.35. The molecule has 1 saturated heterocycles. The van der Waals surface area contributed by atoms with Gasteiger partial charge in [0.15, 0.2) is 0 Å². The predicted molar refractivity (Wildman–Crippen MR) is 59.3 cm³/mol. The van der Waals surface area contributed by atoms with Crippen molar-refractivity contribution < 1.29 is 13.2 Å². The SMILES string of the molecule is CC(C)C1(C)CCCN(CC(F)(F)F)CC1. The molecule has 0 N–H and O–H groups in total. The maximum Gasteiger partial charge on any atom is 0.401 e. The van der Waals surface area contributed by atoms with Gasteiger partial charge < -0.3 is 0 Å². The summed E-state index contributed by atoms with van der Waals surface area (Å²) in [6.45, 7) is 6.95. The summed E-state index contributed by atoms with van der Waals surface area (Å²) >= 11 is 0. The first-order chi connectivity index (χ1) is 7.23. The number of hydrogen-bond donors (Lipinski definition) is 0. The summed E-state index contributed by atoms with van der Waals surface area (Å²) < 4.78 is 36.8. The standard InChI is InChI=1S/C12H22F3N/c1-10(2)11(3)5-4-7-16(8-6-11)9-12(13,14)15/h10H,4-9H2,1-3H3. The first-order valence-corrected chi connectivity index (χ1v) is 6.02. The van der Waals surface area contributed by atoms with Crippen molar-refractivity contribution in [2.75, 3.05) is 19.6 Å². The first kappa shape index (κ1) is 13.8. The van der Waals surface area contributed by atoms with E-state index in [2.05, 4.69) is 20.8 Å². The van der Waals surface area contributed by atoms with Crippen LogP contribution in [0.4, 0.5) is 13.2 Å². The van der Waals surface area contributed by atoms with E-state index in [4.69, 9.17) is 0 Å². The fraction of sp³-hybridized carbons (Fsp3) is 1.00. The smallest absolute Gasteiger partial charge is 0.295 e. The molecule has 1 unspecified atom stereocenters. The van der Waals surface area contributed by atoms with Crippen LogP contribution in [0.25, 0.3) is 0 Å². The lowest BCUT2D eigenvalue weighted by molar-refractivity contribution is -0.145. The molecule has 0 aliphatic carbocycles. The Kier molecular flexibility index (Phi) is 4.27. The Morgan fingerprint density at radius 1 is 1.19 bits per heavy atom. The monoisotopic (exact) mass is 237 g/mol. The second-order valence-corrected chi connectivity index (χ2v) is 5.55. The Balaban J connectivity index is 2.53. The van der Waals surface area contributed by atoms with Gasteiger partial charge in [-0.15, -0.1) is 0 Å². The van der Waals surface area contributed by atoms with Gasteiger partial charge in [-0.05, 0) is 43.7 Å². The Hall–Kier alpha value is -0.250. The molecule has 0 aromatic heterocycles. The molecule has 16 heavy (non-hydrogen) atoms. The van der Waals surface area contributed by atoms with Gasteiger partial charge in [-0.2, -0.15) is 13.2 Å². The van der Waals surface area contributed by atoms with Crippen LogP contribution in [0.5, 0.6) is 0 Å². The van der Waals surface area contributed by atoms with Gasteiger partial charge in [0.2, 0.25) is 0 Å². The van der Waals surface area contributed by atoms with Crippen LogP contribution >= 0.6 is 0 Å². The van der Waals surface area contributed by atoms with Crippen LogP contribution in [-0.2, 0) is 0 Å². The molecule has 1 atom stereocenters. The molecule has 96 valence electrons. The Bertz CT molecular complexity index is 225. The molecular formula is C12H22F3N. The normalized spacial score (nSPS) is 29.4. The van der Waals surface area contributed by atoms with E-state index in [1.54, 1.807) is 4.90 Å². The molecular weight excluding hydrogens is 215 g/mol. The summed E-state index contributed by atoms with van der Waals surface area (Å²) in [7, 11) is 0. The Morgan fingerprint density at radius 3 is 2.31 bits per heavy atom. The van der Waals surface area contributed by atoms with E-state index < -0.39 is 12.7 Å². The average Bonchev–Trinajstić information content (AvgIpc) is 2.27. The van der Waals surface area contributed by atoms with E-state index in [0.29, 0.717) is 19.0 Å². The molecule has 1 aliphatic heterocycles. The van der Waals surface area contributed by atoms with Gasteiger partial charge in [-0.3, -0.25) is 4.90 Å². The van der Waals surface area contributed by atoms with Crippen molar-refractivity contribution in [1.82, 2.24) is 4.90 Å². The second kappa shape index (κ2) is 4.94. The van der Waals surface area contributed by atoms with Gasteiger partial charge in [0, 0.05) is 0 Å². The highest BCUT2D eigenvalue weighted by Gasteiger charge is 2.35. The van der Waals surface area contributed by atoms with Crippen molar-refractivity contribution >= 4 is 0 Å². The van der Waals surface area contributed by atoms with E-state index in [-0.39, 0.29) is 5.41 Å². The molecule has 1 nitrogen and oxygen atoms in total. The zero-order valence-electron chi connectivity index (χ0n) is 10.4. The molecule has 0 aromatic carbocycles. The number of alkyl halides is 3. The van der Waals surface area contributed by atoms with Crippen LogP contribution in [0.1, 0.15) is 40.0 Å². The first-order valence-electron chi connectivity index (χ1n) is 6.02. The molecule has 0 saturated carbocycles.